The highest BCUT2D eigenvalue weighted by Gasteiger charge is 2.22. The molecule has 0 radical (unpaired) electrons. The minimum Gasteiger partial charge on any atom is -0.358 e. The fourth-order valence-electron chi connectivity index (χ4n) is 3.28. The minimum absolute atomic E-state index is 0.117. The Labute approximate surface area is 156 Å². The van der Waals surface area contributed by atoms with Gasteiger partial charge in [0.1, 0.15) is 5.82 Å². The van der Waals surface area contributed by atoms with Crippen LogP contribution in [-0.4, -0.2) is 27.7 Å². The number of anilines is 1. The molecule has 0 saturated carbocycles. The molecule has 4 rings (SSSR count). The van der Waals surface area contributed by atoms with E-state index in [1.807, 2.05) is 41.0 Å². The second-order valence-electron chi connectivity index (χ2n) is 6.38. The zero-order valence-corrected chi connectivity index (χ0v) is 15.1. The molecular weight excluding hydrogens is 344 g/mol. The van der Waals surface area contributed by atoms with Gasteiger partial charge in [-0.3, -0.25) is 19.2 Å². The van der Waals surface area contributed by atoms with Crippen molar-refractivity contribution >= 4 is 18.0 Å². The van der Waals surface area contributed by atoms with E-state index in [9.17, 15) is 4.79 Å². The Balaban J connectivity index is 1.62. The number of rotatable bonds is 4. The Bertz CT molecular complexity index is 1010. The number of aromatic amines is 1. The topological polar surface area (TPSA) is 53.1 Å². The monoisotopic (exact) mass is 364 g/mol. The van der Waals surface area contributed by atoms with Crippen LogP contribution < -0.4 is 10.9 Å². The summed E-state index contributed by atoms with van der Waals surface area (Å²) in [6, 6.07) is 20.2. The van der Waals surface area contributed by atoms with E-state index in [0.29, 0.717) is 18.0 Å². The summed E-state index contributed by atoms with van der Waals surface area (Å²) < 4.78 is 2.31. The number of nitrogens with one attached hydrogen (secondary N) is 2. The van der Waals surface area contributed by atoms with Gasteiger partial charge in [-0.2, -0.15) is 0 Å². The fourth-order valence-corrected chi connectivity index (χ4v) is 3.57. The van der Waals surface area contributed by atoms with Crippen LogP contribution in [-0.2, 0) is 13.0 Å². The standard InChI is InChI=1S/C20H20N4OS/c25-19-17-13-23(12-11-15-7-3-1-4-8-15)14-21-18(17)24(20(26)22-19)16-9-5-2-6-10-16/h1-10,21H,11-14H2,(H,22,25,26). The van der Waals surface area contributed by atoms with Crippen LogP contribution in [0.1, 0.15) is 11.1 Å². The molecule has 3 aromatic rings. The summed E-state index contributed by atoms with van der Waals surface area (Å²) in [7, 11) is 0. The van der Waals surface area contributed by atoms with Gasteiger partial charge in [0.2, 0.25) is 0 Å². The Morgan fingerprint density at radius 3 is 2.42 bits per heavy atom. The van der Waals surface area contributed by atoms with Crippen LogP contribution in [0.4, 0.5) is 5.82 Å². The number of aromatic nitrogens is 2. The van der Waals surface area contributed by atoms with E-state index >= 15 is 0 Å². The van der Waals surface area contributed by atoms with Crippen LogP contribution in [0.15, 0.2) is 65.5 Å². The van der Waals surface area contributed by atoms with Crippen LogP contribution in [0.5, 0.6) is 0 Å². The van der Waals surface area contributed by atoms with E-state index in [-0.39, 0.29) is 5.56 Å². The summed E-state index contributed by atoms with van der Waals surface area (Å²) in [6.45, 7) is 2.18. The van der Waals surface area contributed by atoms with E-state index in [4.69, 9.17) is 12.2 Å². The van der Waals surface area contributed by atoms with E-state index in [1.165, 1.54) is 5.56 Å². The fraction of sp³-hybridized carbons (Fsp3) is 0.200. The molecule has 2 aromatic carbocycles. The van der Waals surface area contributed by atoms with Gasteiger partial charge in [0, 0.05) is 18.8 Å². The first-order chi connectivity index (χ1) is 12.7. The van der Waals surface area contributed by atoms with Crippen LogP contribution in [0.3, 0.4) is 0 Å². The number of para-hydroxylation sites is 1. The number of hydrogen-bond donors (Lipinski definition) is 2. The van der Waals surface area contributed by atoms with E-state index < -0.39 is 0 Å². The molecular formula is C20H20N4OS. The van der Waals surface area contributed by atoms with Crippen molar-refractivity contribution in [2.24, 2.45) is 0 Å². The zero-order chi connectivity index (χ0) is 17.9. The van der Waals surface area contributed by atoms with Crippen LogP contribution in [0.2, 0.25) is 0 Å². The summed E-state index contributed by atoms with van der Waals surface area (Å²) in [6.07, 6.45) is 0.952. The Morgan fingerprint density at radius 1 is 1.00 bits per heavy atom. The quantitative estimate of drug-likeness (QED) is 0.698. The molecule has 0 fully saturated rings. The van der Waals surface area contributed by atoms with Gasteiger partial charge in [0.25, 0.3) is 5.56 Å². The molecule has 0 atom stereocenters. The van der Waals surface area contributed by atoms with Crippen molar-refractivity contribution < 1.29 is 0 Å². The molecule has 1 aliphatic rings. The maximum atomic E-state index is 12.5. The van der Waals surface area contributed by atoms with Gasteiger partial charge >= 0.3 is 0 Å². The van der Waals surface area contributed by atoms with E-state index in [0.717, 1.165) is 30.0 Å². The summed E-state index contributed by atoms with van der Waals surface area (Å²) in [5.41, 5.74) is 2.85. The first-order valence-electron chi connectivity index (χ1n) is 8.66. The third kappa shape index (κ3) is 3.34. The van der Waals surface area contributed by atoms with Crippen molar-refractivity contribution in [3.8, 4) is 5.69 Å². The van der Waals surface area contributed by atoms with Crippen molar-refractivity contribution in [3.63, 3.8) is 0 Å². The average Bonchev–Trinajstić information content (AvgIpc) is 2.68. The van der Waals surface area contributed by atoms with Crippen molar-refractivity contribution in [1.29, 1.82) is 0 Å². The summed E-state index contributed by atoms with van der Waals surface area (Å²) in [5.74, 6) is 0.793. The van der Waals surface area contributed by atoms with Crippen LogP contribution in [0, 0.1) is 4.77 Å². The first-order valence-corrected chi connectivity index (χ1v) is 9.07. The second kappa shape index (κ2) is 7.27. The third-order valence-electron chi connectivity index (χ3n) is 4.63. The van der Waals surface area contributed by atoms with Crippen molar-refractivity contribution in [3.05, 3.63) is 86.9 Å². The molecule has 6 heteroatoms. The van der Waals surface area contributed by atoms with Crippen LogP contribution in [0.25, 0.3) is 5.69 Å². The molecule has 26 heavy (non-hydrogen) atoms. The van der Waals surface area contributed by atoms with Gasteiger partial charge in [-0.1, -0.05) is 48.5 Å². The summed E-state index contributed by atoms with van der Waals surface area (Å²) in [5, 5.41) is 3.40. The van der Waals surface area contributed by atoms with Gasteiger partial charge in [-0.15, -0.1) is 0 Å². The molecule has 132 valence electrons. The smallest absolute Gasteiger partial charge is 0.258 e. The van der Waals surface area contributed by atoms with Gasteiger partial charge in [0.15, 0.2) is 4.77 Å². The lowest BCUT2D eigenvalue weighted by atomic mass is 10.1. The van der Waals surface area contributed by atoms with E-state index in [2.05, 4.69) is 39.5 Å². The minimum atomic E-state index is -0.117. The van der Waals surface area contributed by atoms with E-state index in [1.54, 1.807) is 0 Å². The molecule has 2 N–H and O–H groups in total. The Hall–Kier alpha value is -2.70. The summed E-state index contributed by atoms with van der Waals surface area (Å²) in [4.78, 5) is 17.5. The molecule has 0 amide bonds. The molecule has 0 unspecified atom stereocenters. The normalized spacial score (nSPS) is 13.8. The third-order valence-corrected chi connectivity index (χ3v) is 4.92. The predicted molar refractivity (Wildman–Crippen MR) is 106 cm³/mol. The first kappa shape index (κ1) is 16.8. The zero-order valence-electron chi connectivity index (χ0n) is 14.3. The highest BCUT2D eigenvalue weighted by Crippen LogP contribution is 2.23. The van der Waals surface area contributed by atoms with Gasteiger partial charge in [-0.05, 0) is 36.3 Å². The van der Waals surface area contributed by atoms with Crippen molar-refractivity contribution in [2.45, 2.75) is 13.0 Å². The van der Waals surface area contributed by atoms with Crippen molar-refractivity contribution in [1.82, 2.24) is 14.5 Å². The number of nitrogens with zero attached hydrogens (tertiary/aromatic N) is 2. The molecule has 5 nitrogen and oxygen atoms in total. The lowest BCUT2D eigenvalue weighted by Crippen LogP contribution is -2.40. The maximum absolute atomic E-state index is 12.5. The average molecular weight is 364 g/mol. The second-order valence-corrected chi connectivity index (χ2v) is 6.77. The van der Waals surface area contributed by atoms with Crippen LogP contribution >= 0.6 is 12.2 Å². The lowest BCUT2D eigenvalue weighted by Gasteiger charge is -2.31. The predicted octanol–water partition coefficient (Wildman–Crippen LogP) is 3.32. The maximum Gasteiger partial charge on any atom is 0.258 e. The molecule has 0 saturated heterocycles. The Morgan fingerprint density at radius 2 is 1.69 bits per heavy atom. The number of fused-ring (bicyclic) bond motifs is 1. The largest absolute Gasteiger partial charge is 0.358 e. The molecule has 1 aliphatic heterocycles. The molecule has 1 aromatic heterocycles. The number of H-pyrrole nitrogens is 1. The Kier molecular flexibility index (Phi) is 4.69. The number of benzene rings is 2. The SMILES string of the molecule is O=c1[nH]c(=S)n(-c2ccccc2)c2c1CN(CCc1ccccc1)CN2. The molecule has 0 bridgehead atoms. The lowest BCUT2D eigenvalue weighted by molar-refractivity contribution is 0.276. The van der Waals surface area contributed by atoms with Gasteiger partial charge in [0.05, 0.1) is 12.2 Å². The highest BCUT2D eigenvalue weighted by molar-refractivity contribution is 7.71. The van der Waals surface area contributed by atoms with Gasteiger partial charge < -0.3 is 5.32 Å². The highest BCUT2D eigenvalue weighted by atomic mass is 32.1. The molecule has 0 spiro atoms. The van der Waals surface area contributed by atoms with Gasteiger partial charge in [-0.25, -0.2) is 0 Å². The van der Waals surface area contributed by atoms with Crippen molar-refractivity contribution in [2.75, 3.05) is 18.5 Å². The summed E-state index contributed by atoms with van der Waals surface area (Å²) >= 11 is 5.41. The molecule has 0 aliphatic carbocycles. The molecule has 2 heterocycles. The number of hydrogen-bond acceptors (Lipinski definition) is 4.